The molecule has 1 aromatic carbocycles. The van der Waals surface area contributed by atoms with Crippen molar-refractivity contribution in [3.8, 4) is 5.69 Å². The Morgan fingerprint density at radius 1 is 1.07 bits per heavy atom. The maximum Gasteiger partial charge on any atom is 0.293 e. The number of aromatic nitrogens is 1. The van der Waals surface area contributed by atoms with Crippen LogP contribution in [-0.4, -0.2) is 26.7 Å². The van der Waals surface area contributed by atoms with Gasteiger partial charge in [0.25, 0.3) is 11.1 Å². The summed E-state index contributed by atoms with van der Waals surface area (Å²) in [5.74, 6) is -0.185. The van der Waals surface area contributed by atoms with Crippen molar-refractivity contribution in [2.24, 2.45) is 0 Å². The van der Waals surface area contributed by atoms with Crippen molar-refractivity contribution in [1.29, 1.82) is 0 Å². The molecule has 1 fully saturated rings. The molecule has 0 N–H and O–H groups in total. The summed E-state index contributed by atoms with van der Waals surface area (Å²) in [6, 6.07) is 8.41. The Bertz CT molecular complexity index is 955. The molecule has 1 aromatic heterocycles. The molecule has 0 unspecified atom stereocenters. The zero-order valence-corrected chi connectivity index (χ0v) is 17.6. The highest BCUT2D eigenvalue weighted by molar-refractivity contribution is 8.18. The molecule has 0 bridgehead atoms. The van der Waals surface area contributed by atoms with E-state index in [1.807, 2.05) is 26.8 Å². The molecule has 2 aromatic rings. The molecule has 1 saturated heterocycles. The van der Waals surface area contributed by atoms with Gasteiger partial charge in [0.1, 0.15) is 0 Å². The van der Waals surface area contributed by atoms with Crippen LogP contribution in [0.3, 0.4) is 0 Å². The van der Waals surface area contributed by atoms with E-state index in [4.69, 9.17) is 0 Å². The van der Waals surface area contributed by atoms with Crippen LogP contribution in [-0.2, 0) is 4.79 Å². The van der Waals surface area contributed by atoms with Crippen LogP contribution in [0.5, 0.6) is 0 Å². The fraction of sp³-hybridized carbons (Fsp3) is 0.364. The second kappa shape index (κ2) is 7.39. The number of amides is 2. The maximum atomic E-state index is 12.7. The Kier molecular flexibility index (Phi) is 5.33. The molecule has 2 heterocycles. The van der Waals surface area contributed by atoms with Crippen LogP contribution in [0.2, 0.25) is 0 Å². The predicted molar refractivity (Wildman–Crippen MR) is 112 cm³/mol. The van der Waals surface area contributed by atoms with Gasteiger partial charge in [-0.3, -0.25) is 14.5 Å². The number of carbonyl (C=O) groups excluding carboxylic acids is 2. The van der Waals surface area contributed by atoms with E-state index in [0.717, 1.165) is 40.8 Å². The van der Waals surface area contributed by atoms with Crippen molar-refractivity contribution in [2.45, 2.75) is 54.0 Å². The first-order valence-electron chi connectivity index (χ1n) is 9.28. The molecule has 1 atom stereocenters. The van der Waals surface area contributed by atoms with E-state index in [1.165, 1.54) is 16.0 Å². The van der Waals surface area contributed by atoms with E-state index in [-0.39, 0.29) is 17.2 Å². The van der Waals surface area contributed by atoms with E-state index in [1.54, 1.807) is 0 Å². The summed E-state index contributed by atoms with van der Waals surface area (Å²) < 4.78 is 2.19. The van der Waals surface area contributed by atoms with E-state index >= 15 is 0 Å². The molecule has 0 spiro atoms. The van der Waals surface area contributed by atoms with Gasteiger partial charge in [-0.05, 0) is 93.8 Å². The van der Waals surface area contributed by atoms with Crippen LogP contribution in [0.25, 0.3) is 11.8 Å². The van der Waals surface area contributed by atoms with Crippen molar-refractivity contribution in [3.63, 3.8) is 0 Å². The molecule has 3 rings (SSSR count). The fourth-order valence-electron chi connectivity index (χ4n) is 3.38. The number of benzene rings is 1. The van der Waals surface area contributed by atoms with Crippen molar-refractivity contribution < 1.29 is 9.59 Å². The number of aryl methyl sites for hydroxylation is 3. The van der Waals surface area contributed by atoms with Crippen LogP contribution in [0, 0.1) is 27.7 Å². The van der Waals surface area contributed by atoms with E-state index < -0.39 is 0 Å². The lowest BCUT2D eigenvalue weighted by Crippen LogP contribution is -2.36. The SMILES string of the molecule is CC[C@@H](C)N1C(=O)S/C(=C/c2cc(C)n(-c3ccc(C)c(C)c3)c2C)C1=O. The number of imide groups is 1. The van der Waals surface area contributed by atoms with Gasteiger partial charge in [0.05, 0.1) is 4.91 Å². The van der Waals surface area contributed by atoms with Gasteiger partial charge in [-0.15, -0.1) is 0 Å². The standard InChI is InChI=1S/C22H26N2O2S/c1-7-15(4)24-21(25)20(27-22(24)26)12-18-11-16(5)23(17(18)6)19-9-8-13(2)14(3)10-19/h8-12,15H,7H2,1-6H3/b20-12+/t15-/m1/s1. The summed E-state index contributed by atoms with van der Waals surface area (Å²) in [4.78, 5) is 26.8. The minimum absolute atomic E-state index is 0.0774. The molecule has 27 heavy (non-hydrogen) atoms. The Hall–Kier alpha value is -2.27. The molecule has 1 aliphatic rings. The highest BCUT2D eigenvalue weighted by atomic mass is 32.2. The average molecular weight is 383 g/mol. The summed E-state index contributed by atoms with van der Waals surface area (Å²) in [6.07, 6.45) is 2.61. The van der Waals surface area contributed by atoms with Crippen molar-refractivity contribution in [3.05, 3.63) is 57.2 Å². The fourth-order valence-corrected chi connectivity index (χ4v) is 4.30. The highest BCUT2D eigenvalue weighted by Crippen LogP contribution is 2.35. The summed E-state index contributed by atoms with van der Waals surface area (Å²) in [5.41, 5.74) is 6.76. The third kappa shape index (κ3) is 3.48. The zero-order valence-electron chi connectivity index (χ0n) is 16.8. The average Bonchev–Trinajstić information content (AvgIpc) is 3.05. The third-order valence-corrected chi connectivity index (χ3v) is 6.24. The van der Waals surface area contributed by atoms with E-state index in [0.29, 0.717) is 4.91 Å². The quantitative estimate of drug-likeness (QED) is 0.652. The highest BCUT2D eigenvalue weighted by Gasteiger charge is 2.37. The third-order valence-electron chi connectivity index (χ3n) is 5.36. The molecule has 0 saturated carbocycles. The van der Waals surface area contributed by atoms with Gasteiger partial charge in [0.15, 0.2) is 0 Å². The smallest absolute Gasteiger partial charge is 0.293 e. The van der Waals surface area contributed by atoms with Gasteiger partial charge < -0.3 is 4.57 Å². The second-order valence-electron chi connectivity index (χ2n) is 7.24. The molecule has 4 nitrogen and oxygen atoms in total. The van der Waals surface area contributed by atoms with Gasteiger partial charge in [0, 0.05) is 23.1 Å². The summed E-state index contributed by atoms with van der Waals surface area (Å²) >= 11 is 1.03. The number of hydrogen-bond donors (Lipinski definition) is 0. The van der Waals surface area contributed by atoms with Crippen LogP contribution in [0.1, 0.15) is 48.3 Å². The van der Waals surface area contributed by atoms with Crippen molar-refractivity contribution >= 4 is 29.0 Å². The van der Waals surface area contributed by atoms with Gasteiger partial charge in [-0.2, -0.15) is 0 Å². The van der Waals surface area contributed by atoms with Gasteiger partial charge in [-0.1, -0.05) is 13.0 Å². The number of carbonyl (C=O) groups is 2. The van der Waals surface area contributed by atoms with Crippen molar-refractivity contribution in [1.82, 2.24) is 9.47 Å². The molecule has 0 aliphatic carbocycles. The minimum Gasteiger partial charge on any atom is -0.318 e. The van der Waals surface area contributed by atoms with Crippen LogP contribution in [0.15, 0.2) is 29.2 Å². The molecular weight excluding hydrogens is 356 g/mol. The minimum atomic E-state index is -0.185. The number of hydrogen-bond acceptors (Lipinski definition) is 3. The lowest BCUT2D eigenvalue weighted by Gasteiger charge is -2.19. The first-order chi connectivity index (χ1) is 12.7. The molecule has 142 valence electrons. The lowest BCUT2D eigenvalue weighted by atomic mass is 10.1. The van der Waals surface area contributed by atoms with Gasteiger partial charge >= 0.3 is 0 Å². The van der Waals surface area contributed by atoms with E-state index in [2.05, 4.69) is 49.6 Å². The second-order valence-corrected chi connectivity index (χ2v) is 8.23. The van der Waals surface area contributed by atoms with Crippen LogP contribution >= 0.6 is 11.8 Å². The molecule has 1 aliphatic heterocycles. The molecule has 0 radical (unpaired) electrons. The monoisotopic (exact) mass is 382 g/mol. The molecule has 2 amide bonds. The molecular formula is C22H26N2O2S. The summed E-state index contributed by atoms with van der Waals surface area (Å²) in [7, 11) is 0. The normalized spacial score (nSPS) is 17.3. The first-order valence-corrected chi connectivity index (χ1v) is 10.1. The maximum absolute atomic E-state index is 12.7. The Morgan fingerprint density at radius 3 is 2.41 bits per heavy atom. The predicted octanol–water partition coefficient (Wildman–Crippen LogP) is 5.55. The summed E-state index contributed by atoms with van der Waals surface area (Å²) in [6.45, 7) is 12.2. The lowest BCUT2D eigenvalue weighted by molar-refractivity contribution is -0.124. The van der Waals surface area contributed by atoms with Crippen LogP contribution < -0.4 is 0 Å². The number of thioether (sulfide) groups is 1. The Morgan fingerprint density at radius 2 is 1.78 bits per heavy atom. The largest absolute Gasteiger partial charge is 0.318 e. The Labute approximate surface area is 165 Å². The topological polar surface area (TPSA) is 42.3 Å². The number of nitrogens with zero attached hydrogens (tertiary/aromatic N) is 2. The van der Waals surface area contributed by atoms with Crippen molar-refractivity contribution in [2.75, 3.05) is 0 Å². The van der Waals surface area contributed by atoms with Crippen LogP contribution in [0.4, 0.5) is 4.79 Å². The zero-order chi connectivity index (χ0) is 19.9. The van der Waals surface area contributed by atoms with Gasteiger partial charge in [0.2, 0.25) is 0 Å². The number of rotatable bonds is 4. The molecule has 5 heteroatoms. The van der Waals surface area contributed by atoms with Gasteiger partial charge in [-0.25, -0.2) is 0 Å². The first kappa shape index (κ1) is 19.5. The van der Waals surface area contributed by atoms with E-state index in [9.17, 15) is 9.59 Å². The summed E-state index contributed by atoms with van der Waals surface area (Å²) in [5, 5.41) is -0.177. The Balaban J connectivity index is 2.00.